The number of nitrogens with one attached hydrogen (secondary N) is 2. The van der Waals surface area contributed by atoms with Crippen molar-refractivity contribution in [1.82, 2.24) is 5.43 Å². The second-order valence-electron chi connectivity index (χ2n) is 6.78. The highest BCUT2D eigenvalue weighted by Crippen LogP contribution is 2.37. The number of ether oxygens (including phenoxy) is 2. The lowest BCUT2D eigenvalue weighted by molar-refractivity contribution is -0.136. The highest BCUT2D eigenvalue weighted by Gasteiger charge is 2.16. The molecule has 0 spiro atoms. The molecule has 0 fully saturated rings. The molecule has 3 rings (SSSR count). The van der Waals surface area contributed by atoms with Gasteiger partial charge >= 0.3 is 11.8 Å². The number of hydrogen-bond acceptors (Lipinski definition) is 5. The maximum Gasteiger partial charge on any atom is 0.329 e. The number of rotatable bonds is 7. The van der Waals surface area contributed by atoms with Crippen molar-refractivity contribution in [3.8, 4) is 11.5 Å². The number of halogens is 5. The molecule has 0 aliphatic rings. The number of anilines is 1. The molecule has 2 N–H and O–H groups in total. The number of amides is 2. The van der Waals surface area contributed by atoms with E-state index < -0.39 is 17.6 Å². The van der Waals surface area contributed by atoms with Crippen LogP contribution in [0.1, 0.15) is 11.1 Å². The van der Waals surface area contributed by atoms with Crippen LogP contribution in [0.5, 0.6) is 11.5 Å². The van der Waals surface area contributed by atoms with E-state index in [0.29, 0.717) is 21.5 Å². The number of hydrogen-bond donors (Lipinski definition) is 2. The smallest absolute Gasteiger partial charge is 0.329 e. The molecule has 2 amide bonds. The van der Waals surface area contributed by atoms with Crippen LogP contribution in [0.3, 0.4) is 0 Å². The minimum absolute atomic E-state index is 0.107. The maximum absolute atomic E-state index is 14.0. The number of hydrazone groups is 1. The van der Waals surface area contributed by atoms with Gasteiger partial charge in [-0.1, -0.05) is 46.9 Å². The first kappa shape index (κ1) is 26.7. The molecule has 0 saturated heterocycles. The molecule has 3 aromatic carbocycles. The molecule has 7 nitrogen and oxygen atoms in total. The number of benzene rings is 3. The largest absolute Gasteiger partial charge is 0.493 e. The van der Waals surface area contributed by atoms with Crippen molar-refractivity contribution in [3.63, 3.8) is 0 Å². The van der Waals surface area contributed by atoms with E-state index in [1.165, 1.54) is 31.5 Å². The second-order valence-corrected chi connectivity index (χ2v) is 8.82. The Balaban J connectivity index is 1.66. The highest BCUT2D eigenvalue weighted by molar-refractivity contribution is 9.10. The van der Waals surface area contributed by atoms with Crippen molar-refractivity contribution in [2.24, 2.45) is 5.10 Å². The lowest BCUT2D eigenvalue weighted by atomic mass is 10.2. The Hall–Kier alpha value is -2.85. The molecule has 182 valence electrons. The van der Waals surface area contributed by atoms with Gasteiger partial charge in [0.25, 0.3) is 0 Å². The van der Waals surface area contributed by atoms with Crippen LogP contribution in [-0.2, 0) is 16.2 Å². The predicted molar refractivity (Wildman–Crippen MR) is 137 cm³/mol. The Kier molecular flexibility index (Phi) is 9.33. The van der Waals surface area contributed by atoms with Crippen molar-refractivity contribution in [2.75, 3.05) is 12.4 Å². The zero-order valence-electron chi connectivity index (χ0n) is 17.9. The topological polar surface area (TPSA) is 89.0 Å². The van der Waals surface area contributed by atoms with Gasteiger partial charge in [0.2, 0.25) is 0 Å². The van der Waals surface area contributed by atoms with E-state index in [0.717, 1.165) is 0 Å². The third kappa shape index (κ3) is 6.85. The van der Waals surface area contributed by atoms with Crippen LogP contribution in [0.15, 0.2) is 58.1 Å². The summed E-state index contributed by atoms with van der Waals surface area (Å²) in [5.41, 5.74) is 3.01. The Morgan fingerprint density at radius 1 is 1.09 bits per heavy atom. The summed E-state index contributed by atoms with van der Waals surface area (Å²) in [6, 6.07) is 12.2. The van der Waals surface area contributed by atoms with Gasteiger partial charge in [0.1, 0.15) is 12.4 Å². The second kappa shape index (κ2) is 12.2. The van der Waals surface area contributed by atoms with Crippen LogP contribution >= 0.6 is 50.7 Å². The van der Waals surface area contributed by atoms with Gasteiger partial charge < -0.3 is 14.8 Å². The molecule has 0 unspecified atom stereocenters. The molecule has 0 heterocycles. The fourth-order valence-electron chi connectivity index (χ4n) is 2.76. The van der Waals surface area contributed by atoms with Gasteiger partial charge in [0.15, 0.2) is 11.5 Å². The van der Waals surface area contributed by atoms with Gasteiger partial charge in [0.05, 0.1) is 38.6 Å². The zero-order chi connectivity index (χ0) is 25.5. The summed E-state index contributed by atoms with van der Waals surface area (Å²) in [5, 5.41) is 6.70. The molecule has 0 aromatic heterocycles. The molecule has 12 heteroatoms. The third-order valence-corrected chi connectivity index (χ3v) is 6.22. The van der Waals surface area contributed by atoms with Crippen LogP contribution in [-0.4, -0.2) is 25.1 Å². The summed E-state index contributed by atoms with van der Waals surface area (Å²) in [6.45, 7) is -0.129. The fourth-order valence-corrected chi connectivity index (χ4v) is 3.90. The van der Waals surface area contributed by atoms with E-state index in [-0.39, 0.29) is 32.9 Å². The molecular weight excluding hydrogens is 588 g/mol. The molecule has 0 atom stereocenters. The monoisotopic (exact) mass is 601 g/mol. The minimum Gasteiger partial charge on any atom is -0.493 e. The SMILES string of the molecule is COc1cc(/C=N/NC(=O)C(=O)Nc2cccc(Cl)c2Cl)cc(Br)c1OCc1c(F)cccc1Cl. The predicted octanol–water partition coefficient (Wildman–Crippen LogP) is 6.22. The highest BCUT2D eigenvalue weighted by atomic mass is 79.9. The average molecular weight is 604 g/mol. The Labute approximate surface area is 223 Å². The molecule has 3 aromatic rings. The maximum atomic E-state index is 14.0. The first-order valence-corrected chi connectivity index (χ1v) is 11.7. The first-order valence-electron chi connectivity index (χ1n) is 9.73. The van der Waals surface area contributed by atoms with Crippen LogP contribution in [0.25, 0.3) is 0 Å². The zero-order valence-corrected chi connectivity index (χ0v) is 21.7. The molecule has 0 aliphatic carbocycles. The summed E-state index contributed by atoms with van der Waals surface area (Å²) >= 11 is 21.3. The summed E-state index contributed by atoms with van der Waals surface area (Å²) < 4.78 is 25.6. The van der Waals surface area contributed by atoms with Gasteiger partial charge in [-0.05, 0) is 57.9 Å². The molecule has 0 saturated carbocycles. The quantitative estimate of drug-likeness (QED) is 0.191. The number of methoxy groups -OCH3 is 1. The van der Waals surface area contributed by atoms with Crippen molar-refractivity contribution in [3.05, 3.63) is 85.0 Å². The van der Waals surface area contributed by atoms with E-state index in [1.807, 2.05) is 0 Å². The van der Waals surface area contributed by atoms with Gasteiger partial charge in [-0.2, -0.15) is 5.10 Å². The number of nitrogens with zero attached hydrogens (tertiary/aromatic N) is 1. The molecular formula is C23H16BrCl3FN3O4. The van der Waals surface area contributed by atoms with E-state index >= 15 is 0 Å². The third-order valence-electron chi connectivity index (χ3n) is 4.46. The lowest BCUT2D eigenvalue weighted by Crippen LogP contribution is -2.32. The van der Waals surface area contributed by atoms with E-state index in [9.17, 15) is 14.0 Å². The standard InChI is InChI=1S/C23H16BrCl3FN3O4/c1-34-19-9-12(8-14(24)21(19)35-11-13-15(25)4-2-6-17(13)28)10-29-31-23(33)22(32)30-18-7-3-5-16(26)20(18)27/h2-10H,11H2,1H3,(H,30,32)(H,31,33)/b29-10+. The molecule has 35 heavy (non-hydrogen) atoms. The molecule has 0 bridgehead atoms. The van der Waals surface area contributed by atoms with Crippen molar-refractivity contribution >= 4 is 74.4 Å². The van der Waals surface area contributed by atoms with Crippen molar-refractivity contribution in [2.45, 2.75) is 6.61 Å². The summed E-state index contributed by atoms with van der Waals surface area (Å²) in [5.74, 6) is -1.88. The first-order chi connectivity index (χ1) is 16.7. The molecule has 0 aliphatic heterocycles. The Bertz CT molecular complexity index is 1290. The van der Waals surface area contributed by atoms with Crippen LogP contribution in [0, 0.1) is 5.82 Å². The van der Waals surface area contributed by atoms with Gasteiger partial charge in [-0.25, -0.2) is 9.82 Å². The van der Waals surface area contributed by atoms with Crippen LogP contribution < -0.4 is 20.2 Å². The van der Waals surface area contributed by atoms with Crippen LogP contribution in [0.2, 0.25) is 15.1 Å². The summed E-state index contributed by atoms with van der Waals surface area (Å²) in [7, 11) is 1.43. The van der Waals surface area contributed by atoms with Gasteiger partial charge in [0, 0.05) is 5.56 Å². The number of carbonyl (C=O) groups is 2. The normalized spacial score (nSPS) is 10.8. The fraction of sp³-hybridized carbons (Fsp3) is 0.0870. The minimum atomic E-state index is -1.02. The van der Waals surface area contributed by atoms with Crippen molar-refractivity contribution < 1.29 is 23.5 Å². The van der Waals surface area contributed by atoms with Crippen LogP contribution in [0.4, 0.5) is 10.1 Å². The summed E-state index contributed by atoms with van der Waals surface area (Å²) in [6.07, 6.45) is 1.29. The molecule has 0 radical (unpaired) electrons. The van der Waals surface area contributed by atoms with E-state index in [2.05, 4.69) is 31.8 Å². The Morgan fingerprint density at radius 3 is 2.51 bits per heavy atom. The van der Waals surface area contributed by atoms with Gasteiger partial charge in [-0.15, -0.1) is 0 Å². The van der Waals surface area contributed by atoms with Gasteiger partial charge in [-0.3, -0.25) is 9.59 Å². The Morgan fingerprint density at radius 2 is 1.80 bits per heavy atom. The van der Waals surface area contributed by atoms with E-state index in [4.69, 9.17) is 44.3 Å². The summed E-state index contributed by atoms with van der Waals surface area (Å²) in [4.78, 5) is 24.1. The van der Waals surface area contributed by atoms with Crippen molar-refractivity contribution in [1.29, 1.82) is 0 Å². The number of carbonyl (C=O) groups excluding carboxylic acids is 2. The average Bonchev–Trinajstić information content (AvgIpc) is 2.82. The lowest BCUT2D eigenvalue weighted by Gasteiger charge is -2.14. The van der Waals surface area contributed by atoms with E-state index in [1.54, 1.807) is 30.3 Å².